The van der Waals surface area contributed by atoms with Gasteiger partial charge in [-0.3, -0.25) is 0 Å². The van der Waals surface area contributed by atoms with Crippen LogP contribution in [-0.2, 0) is 4.74 Å². The molecule has 1 aliphatic rings. The van der Waals surface area contributed by atoms with Gasteiger partial charge < -0.3 is 10.1 Å². The minimum Gasteiger partial charge on any atom is -0.375 e. The van der Waals surface area contributed by atoms with Crippen LogP contribution in [0.25, 0.3) is 0 Å². The first-order valence-corrected chi connectivity index (χ1v) is 7.94. The average molecular weight is 255 g/mol. The van der Waals surface area contributed by atoms with Crippen molar-refractivity contribution in [2.75, 3.05) is 7.05 Å². The van der Waals surface area contributed by atoms with Crippen LogP contribution < -0.4 is 5.32 Å². The van der Waals surface area contributed by atoms with Gasteiger partial charge in [0.1, 0.15) is 0 Å². The molecule has 1 fully saturated rings. The van der Waals surface area contributed by atoms with Crippen molar-refractivity contribution in [1.82, 2.24) is 5.32 Å². The smallest absolute Gasteiger partial charge is 0.0597 e. The topological polar surface area (TPSA) is 21.3 Å². The summed E-state index contributed by atoms with van der Waals surface area (Å²) in [5.74, 6) is 1.35. The third-order valence-electron chi connectivity index (χ3n) is 4.77. The Morgan fingerprint density at radius 2 is 1.67 bits per heavy atom. The molecule has 0 aliphatic carbocycles. The molecule has 1 heterocycles. The van der Waals surface area contributed by atoms with Gasteiger partial charge in [0.05, 0.1) is 12.2 Å². The first-order chi connectivity index (χ1) is 8.61. The fourth-order valence-corrected chi connectivity index (χ4v) is 3.48. The summed E-state index contributed by atoms with van der Waals surface area (Å²) in [5, 5.41) is 3.54. The van der Waals surface area contributed by atoms with Gasteiger partial charge in [-0.25, -0.2) is 0 Å². The normalized spacial score (nSPS) is 33.8. The van der Waals surface area contributed by atoms with E-state index in [2.05, 4.69) is 40.1 Å². The highest BCUT2D eigenvalue weighted by atomic mass is 16.5. The summed E-state index contributed by atoms with van der Waals surface area (Å²) in [5.41, 5.74) is 0. The van der Waals surface area contributed by atoms with Crippen molar-refractivity contribution < 1.29 is 4.74 Å². The maximum absolute atomic E-state index is 5.97. The predicted molar refractivity (Wildman–Crippen MR) is 78.9 cm³/mol. The zero-order valence-electron chi connectivity index (χ0n) is 13.0. The number of nitrogens with one attached hydrogen (secondary N) is 1. The zero-order valence-corrected chi connectivity index (χ0v) is 13.0. The number of hydrogen-bond donors (Lipinski definition) is 1. The van der Waals surface area contributed by atoms with E-state index in [1.165, 1.54) is 38.5 Å². The van der Waals surface area contributed by atoms with Crippen molar-refractivity contribution in [3.05, 3.63) is 0 Å². The molecule has 1 N–H and O–H groups in total. The molecule has 18 heavy (non-hydrogen) atoms. The summed E-state index contributed by atoms with van der Waals surface area (Å²) in [6.45, 7) is 9.08. The monoisotopic (exact) mass is 255 g/mol. The molecule has 1 aliphatic heterocycles. The Labute approximate surface area is 114 Å². The van der Waals surface area contributed by atoms with Crippen molar-refractivity contribution >= 4 is 0 Å². The summed E-state index contributed by atoms with van der Waals surface area (Å²) in [6, 6.07) is 0.626. The molecule has 2 heteroatoms. The molecule has 0 aromatic carbocycles. The molecule has 2 nitrogen and oxygen atoms in total. The van der Waals surface area contributed by atoms with E-state index in [4.69, 9.17) is 4.74 Å². The van der Waals surface area contributed by atoms with Crippen LogP contribution in [0, 0.1) is 11.8 Å². The molecule has 0 bridgehead atoms. The number of hydrogen-bond acceptors (Lipinski definition) is 2. The maximum Gasteiger partial charge on any atom is 0.0597 e. The molecule has 0 aromatic rings. The Bertz CT molecular complexity index is 219. The number of ether oxygens (including phenoxy) is 1. The molecule has 5 atom stereocenters. The van der Waals surface area contributed by atoms with Crippen LogP contribution in [0.15, 0.2) is 0 Å². The van der Waals surface area contributed by atoms with Crippen LogP contribution in [-0.4, -0.2) is 25.3 Å². The summed E-state index contributed by atoms with van der Waals surface area (Å²) in [6.07, 6.45) is 8.99. The van der Waals surface area contributed by atoms with Gasteiger partial charge in [0.15, 0.2) is 0 Å². The molecule has 0 saturated carbocycles. The highest BCUT2D eigenvalue weighted by Gasteiger charge is 2.40. The second kappa shape index (κ2) is 8.16. The molecule has 0 amide bonds. The summed E-state index contributed by atoms with van der Waals surface area (Å²) < 4.78 is 5.97. The molecule has 108 valence electrons. The van der Waals surface area contributed by atoms with Gasteiger partial charge in [-0.15, -0.1) is 0 Å². The zero-order chi connectivity index (χ0) is 13.5. The van der Waals surface area contributed by atoms with Crippen LogP contribution in [0.2, 0.25) is 0 Å². The standard InChI is InChI=1S/C16H33NO/c1-6-7-8-9-10-11-15(17-5)16-12(2)13(3)18-14(16)4/h12-17H,6-11H2,1-5H3. The summed E-state index contributed by atoms with van der Waals surface area (Å²) in [4.78, 5) is 0. The van der Waals surface area contributed by atoms with Crippen LogP contribution in [0.3, 0.4) is 0 Å². The van der Waals surface area contributed by atoms with E-state index >= 15 is 0 Å². The number of rotatable bonds is 8. The minimum atomic E-state index is 0.406. The van der Waals surface area contributed by atoms with E-state index in [-0.39, 0.29) is 0 Å². The molecule has 1 rings (SSSR count). The van der Waals surface area contributed by atoms with Crippen molar-refractivity contribution in [1.29, 1.82) is 0 Å². The van der Waals surface area contributed by atoms with E-state index in [9.17, 15) is 0 Å². The molecule has 1 saturated heterocycles. The van der Waals surface area contributed by atoms with E-state index < -0.39 is 0 Å². The molecular weight excluding hydrogens is 222 g/mol. The van der Waals surface area contributed by atoms with Gasteiger partial charge in [-0.1, -0.05) is 46.0 Å². The van der Waals surface area contributed by atoms with Crippen LogP contribution in [0.5, 0.6) is 0 Å². The van der Waals surface area contributed by atoms with Crippen molar-refractivity contribution in [3.63, 3.8) is 0 Å². The second-order valence-electron chi connectivity index (χ2n) is 6.08. The summed E-state index contributed by atoms with van der Waals surface area (Å²) in [7, 11) is 2.11. The van der Waals surface area contributed by atoms with Gasteiger partial charge in [0.2, 0.25) is 0 Å². The molecular formula is C16H33NO. The van der Waals surface area contributed by atoms with E-state index in [1.807, 2.05) is 0 Å². The third-order valence-corrected chi connectivity index (χ3v) is 4.77. The molecule has 5 unspecified atom stereocenters. The second-order valence-corrected chi connectivity index (χ2v) is 6.08. The fourth-order valence-electron chi connectivity index (χ4n) is 3.48. The highest BCUT2D eigenvalue weighted by molar-refractivity contribution is 4.91. The molecule has 0 radical (unpaired) electrons. The van der Waals surface area contributed by atoms with Crippen LogP contribution >= 0.6 is 0 Å². The van der Waals surface area contributed by atoms with E-state index in [1.54, 1.807) is 0 Å². The van der Waals surface area contributed by atoms with Crippen molar-refractivity contribution in [2.45, 2.75) is 84.5 Å². The van der Waals surface area contributed by atoms with Crippen LogP contribution in [0.1, 0.15) is 66.2 Å². The SMILES string of the molecule is CCCCCCCC(NC)C1C(C)OC(C)C1C. The third kappa shape index (κ3) is 4.24. The molecule has 0 spiro atoms. The lowest BCUT2D eigenvalue weighted by molar-refractivity contribution is 0.0474. The van der Waals surface area contributed by atoms with Gasteiger partial charge in [-0.05, 0) is 33.2 Å². The first kappa shape index (κ1) is 16.0. The van der Waals surface area contributed by atoms with E-state index in [0.717, 1.165) is 0 Å². The lowest BCUT2D eigenvalue weighted by atomic mass is 9.81. The van der Waals surface area contributed by atoms with Crippen molar-refractivity contribution in [3.8, 4) is 0 Å². The van der Waals surface area contributed by atoms with Gasteiger partial charge >= 0.3 is 0 Å². The fraction of sp³-hybridized carbons (Fsp3) is 1.00. The average Bonchev–Trinajstić information content (AvgIpc) is 2.59. The lowest BCUT2D eigenvalue weighted by Crippen LogP contribution is -2.40. The lowest BCUT2D eigenvalue weighted by Gasteiger charge is -2.28. The first-order valence-electron chi connectivity index (χ1n) is 7.94. The molecule has 0 aromatic heterocycles. The minimum absolute atomic E-state index is 0.406. The Kier molecular flexibility index (Phi) is 7.25. The Morgan fingerprint density at radius 1 is 1.00 bits per heavy atom. The Hall–Kier alpha value is -0.0800. The van der Waals surface area contributed by atoms with E-state index in [0.29, 0.717) is 30.1 Å². The predicted octanol–water partition coefficient (Wildman–Crippen LogP) is 3.99. The highest BCUT2D eigenvalue weighted by Crippen LogP contribution is 2.35. The Morgan fingerprint density at radius 3 is 2.17 bits per heavy atom. The quantitative estimate of drug-likeness (QED) is 0.662. The number of unbranched alkanes of at least 4 members (excludes halogenated alkanes) is 4. The van der Waals surface area contributed by atoms with Gasteiger partial charge in [0.25, 0.3) is 0 Å². The Balaban J connectivity index is 2.36. The van der Waals surface area contributed by atoms with Crippen molar-refractivity contribution in [2.24, 2.45) is 11.8 Å². The summed E-state index contributed by atoms with van der Waals surface area (Å²) >= 11 is 0. The van der Waals surface area contributed by atoms with Gasteiger partial charge in [-0.2, -0.15) is 0 Å². The maximum atomic E-state index is 5.97. The van der Waals surface area contributed by atoms with Crippen LogP contribution in [0.4, 0.5) is 0 Å². The van der Waals surface area contributed by atoms with Gasteiger partial charge in [0, 0.05) is 12.0 Å². The largest absolute Gasteiger partial charge is 0.375 e.